The Morgan fingerprint density at radius 3 is 2.87 bits per heavy atom. The molecule has 0 aromatic carbocycles. The second-order valence-electron chi connectivity index (χ2n) is 3.08. The normalized spacial score (nSPS) is 11.9. The zero-order chi connectivity index (χ0) is 11.3. The van der Waals surface area contributed by atoms with Crippen LogP contribution < -0.4 is 4.72 Å². The van der Waals surface area contributed by atoms with E-state index in [1.807, 2.05) is 0 Å². The predicted octanol–water partition coefficient (Wildman–Crippen LogP) is 0.0488. The largest absolute Gasteiger partial charge is 0.383 e. The molecule has 0 aliphatic heterocycles. The lowest BCUT2D eigenvalue weighted by Crippen LogP contribution is -2.28. The molecule has 1 N–H and O–H groups in total. The van der Waals surface area contributed by atoms with Crippen LogP contribution in [0, 0.1) is 6.92 Å². The van der Waals surface area contributed by atoms with Gasteiger partial charge in [-0.25, -0.2) is 13.1 Å². The van der Waals surface area contributed by atoms with Gasteiger partial charge in [0.1, 0.15) is 17.2 Å². The summed E-state index contributed by atoms with van der Waals surface area (Å²) in [5.74, 6) is 0.422. The van der Waals surface area contributed by atoms with Crippen LogP contribution in [0.1, 0.15) is 11.5 Å². The zero-order valence-corrected chi connectivity index (χ0v) is 9.50. The topological polar surface area (TPSA) is 81.4 Å². The summed E-state index contributed by atoms with van der Waals surface area (Å²) >= 11 is 0. The highest BCUT2D eigenvalue weighted by Crippen LogP contribution is 2.05. The standard InChI is InChI=1S/C8H14N2O4S/c1-7-5-8(10-14-7)6-15(11,12)9-3-4-13-2/h5,9H,3-4,6H2,1-2H3. The minimum atomic E-state index is -3.35. The molecule has 0 bridgehead atoms. The number of nitrogens with one attached hydrogen (secondary N) is 1. The number of rotatable bonds is 6. The summed E-state index contributed by atoms with van der Waals surface area (Å²) in [6.07, 6.45) is 0. The van der Waals surface area contributed by atoms with Gasteiger partial charge in [0, 0.05) is 19.7 Å². The molecule has 0 fully saturated rings. The lowest BCUT2D eigenvalue weighted by atomic mass is 10.4. The Morgan fingerprint density at radius 2 is 2.33 bits per heavy atom. The number of hydrogen-bond donors (Lipinski definition) is 1. The second kappa shape index (κ2) is 5.24. The number of nitrogens with zero attached hydrogens (tertiary/aromatic N) is 1. The van der Waals surface area contributed by atoms with Gasteiger partial charge in [-0.2, -0.15) is 0 Å². The van der Waals surface area contributed by atoms with E-state index in [-0.39, 0.29) is 12.3 Å². The van der Waals surface area contributed by atoms with Crippen molar-refractivity contribution in [3.05, 3.63) is 17.5 Å². The van der Waals surface area contributed by atoms with Crippen LogP contribution >= 0.6 is 0 Å². The molecule has 1 aromatic rings. The molecule has 0 unspecified atom stereocenters. The molecule has 0 aliphatic carbocycles. The highest BCUT2D eigenvalue weighted by Gasteiger charge is 2.13. The number of sulfonamides is 1. The van der Waals surface area contributed by atoms with Crippen molar-refractivity contribution in [2.75, 3.05) is 20.3 Å². The number of hydrogen-bond acceptors (Lipinski definition) is 5. The summed E-state index contributed by atoms with van der Waals surface area (Å²) in [5, 5.41) is 3.60. The first-order valence-electron chi connectivity index (χ1n) is 4.42. The molecule has 0 amide bonds. The van der Waals surface area contributed by atoms with E-state index >= 15 is 0 Å². The fraction of sp³-hybridized carbons (Fsp3) is 0.625. The molecule has 1 aromatic heterocycles. The van der Waals surface area contributed by atoms with Gasteiger partial charge in [0.2, 0.25) is 10.0 Å². The maximum Gasteiger partial charge on any atom is 0.217 e. The number of aryl methyl sites for hydroxylation is 1. The van der Waals surface area contributed by atoms with E-state index in [0.717, 1.165) is 0 Å². The minimum absolute atomic E-state index is 0.173. The Kier molecular flexibility index (Phi) is 4.25. The Hall–Kier alpha value is -0.920. The van der Waals surface area contributed by atoms with Crippen LogP contribution in [0.2, 0.25) is 0 Å². The number of methoxy groups -OCH3 is 1. The lowest BCUT2D eigenvalue weighted by molar-refractivity contribution is 0.204. The maximum atomic E-state index is 11.4. The SMILES string of the molecule is COCCNS(=O)(=O)Cc1cc(C)on1. The van der Waals surface area contributed by atoms with Crippen LogP contribution in [-0.4, -0.2) is 33.8 Å². The monoisotopic (exact) mass is 234 g/mol. The third-order valence-corrected chi connectivity index (χ3v) is 2.96. The predicted molar refractivity (Wildman–Crippen MR) is 53.7 cm³/mol. The smallest absolute Gasteiger partial charge is 0.217 e. The van der Waals surface area contributed by atoms with E-state index in [1.165, 1.54) is 7.11 Å². The van der Waals surface area contributed by atoms with Gasteiger partial charge in [0.05, 0.1) is 6.61 Å². The van der Waals surface area contributed by atoms with Crippen LogP contribution in [0.4, 0.5) is 0 Å². The van der Waals surface area contributed by atoms with Crippen molar-refractivity contribution in [2.45, 2.75) is 12.7 Å². The van der Waals surface area contributed by atoms with Crippen LogP contribution in [0.3, 0.4) is 0 Å². The molecular weight excluding hydrogens is 220 g/mol. The van der Waals surface area contributed by atoms with Crippen molar-refractivity contribution >= 4 is 10.0 Å². The van der Waals surface area contributed by atoms with Crippen molar-refractivity contribution in [2.24, 2.45) is 0 Å². The molecule has 0 radical (unpaired) electrons. The van der Waals surface area contributed by atoms with Gasteiger partial charge < -0.3 is 9.26 Å². The third-order valence-electron chi connectivity index (χ3n) is 1.64. The summed E-state index contributed by atoms with van der Waals surface area (Å²) in [7, 11) is -1.84. The van der Waals surface area contributed by atoms with Crippen LogP contribution in [0.25, 0.3) is 0 Å². The van der Waals surface area contributed by atoms with Gasteiger partial charge in [-0.1, -0.05) is 5.16 Å². The molecule has 86 valence electrons. The molecule has 0 aliphatic rings. The highest BCUT2D eigenvalue weighted by atomic mass is 32.2. The summed E-state index contributed by atoms with van der Waals surface area (Å²) in [5.41, 5.74) is 0.400. The van der Waals surface area contributed by atoms with Gasteiger partial charge >= 0.3 is 0 Å². The molecule has 1 rings (SSSR count). The van der Waals surface area contributed by atoms with Gasteiger partial charge in [0.15, 0.2) is 0 Å². The van der Waals surface area contributed by atoms with Crippen molar-refractivity contribution in [1.29, 1.82) is 0 Å². The van der Waals surface area contributed by atoms with E-state index < -0.39 is 10.0 Å². The van der Waals surface area contributed by atoms with Crippen LogP contribution in [-0.2, 0) is 20.5 Å². The average Bonchev–Trinajstić information content (AvgIpc) is 2.50. The minimum Gasteiger partial charge on any atom is -0.383 e. The summed E-state index contributed by atoms with van der Waals surface area (Å²) in [4.78, 5) is 0. The number of ether oxygens (including phenoxy) is 1. The second-order valence-corrected chi connectivity index (χ2v) is 4.88. The Labute approximate surface area is 88.6 Å². The Balaban J connectivity index is 2.49. The first kappa shape index (κ1) is 12.2. The van der Waals surface area contributed by atoms with Crippen molar-refractivity contribution in [3.8, 4) is 0 Å². The Bertz CT molecular complexity index is 399. The highest BCUT2D eigenvalue weighted by molar-refractivity contribution is 7.88. The summed E-state index contributed by atoms with van der Waals surface area (Å²) in [6, 6.07) is 1.59. The van der Waals surface area contributed by atoms with Gasteiger partial charge in [0.25, 0.3) is 0 Å². The van der Waals surface area contributed by atoms with Gasteiger partial charge in [-0.3, -0.25) is 0 Å². The quantitative estimate of drug-likeness (QED) is 0.703. The van der Waals surface area contributed by atoms with Crippen LogP contribution in [0.15, 0.2) is 10.6 Å². The van der Waals surface area contributed by atoms with E-state index in [9.17, 15) is 8.42 Å². The maximum absolute atomic E-state index is 11.4. The van der Waals surface area contributed by atoms with E-state index in [2.05, 4.69) is 9.88 Å². The molecule has 1 heterocycles. The summed E-state index contributed by atoms with van der Waals surface area (Å²) in [6.45, 7) is 2.31. The number of aromatic nitrogens is 1. The van der Waals surface area contributed by atoms with E-state index in [0.29, 0.717) is 18.1 Å². The van der Waals surface area contributed by atoms with Crippen molar-refractivity contribution < 1.29 is 17.7 Å². The molecule has 0 spiro atoms. The fourth-order valence-corrected chi connectivity index (χ4v) is 2.05. The van der Waals surface area contributed by atoms with Crippen LogP contribution in [0.5, 0.6) is 0 Å². The van der Waals surface area contributed by atoms with Gasteiger partial charge in [-0.05, 0) is 6.92 Å². The van der Waals surface area contributed by atoms with E-state index in [4.69, 9.17) is 9.26 Å². The van der Waals surface area contributed by atoms with Gasteiger partial charge in [-0.15, -0.1) is 0 Å². The molecule has 0 atom stereocenters. The molecule has 7 heteroatoms. The fourth-order valence-electron chi connectivity index (χ4n) is 1.03. The lowest BCUT2D eigenvalue weighted by Gasteiger charge is -2.03. The third kappa shape index (κ3) is 4.41. The first-order valence-corrected chi connectivity index (χ1v) is 6.07. The Morgan fingerprint density at radius 1 is 1.60 bits per heavy atom. The summed E-state index contributed by atoms with van der Waals surface area (Å²) < 4.78 is 34.8. The molecule has 0 saturated carbocycles. The molecule has 0 saturated heterocycles. The average molecular weight is 234 g/mol. The molecular formula is C8H14N2O4S. The molecule has 6 nitrogen and oxygen atoms in total. The van der Waals surface area contributed by atoms with Crippen molar-refractivity contribution in [1.82, 2.24) is 9.88 Å². The van der Waals surface area contributed by atoms with E-state index in [1.54, 1.807) is 13.0 Å². The first-order chi connectivity index (χ1) is 7.03. The molecule has 15 heavy (non-hydrogen) atoms. The zero-order valence-electron chi connectivity index (χ0n) is 8.69. The van der Waals surface area contributed by atoms with Crippen molar-refractivity contribution in [3.63, 3.8) is 0 Å².